The number of carboxylic acids is 7. The molecule has 0 amide bonds. The molecule has 0 spiro atoms. The van der Waals surface area contributed by atoms with E-state index < -0.39 is 121 Å². The molecule has 88 heavy (non-hydrogen) atoms. The molecule has 0 bridgehead atoms. The van der Waals surface area contributed by atoms with Gasteiger partial charge in [0.1, 0.15) is 46.2 Å². The number of aliphatic hydroxyl groups excluding tert-OH is 9. The molecule has 38 heteroatoms. The lowest BCUT2D eigenvalue weighted by atomic mass is 9.91. The van der Waals surface area contributed by atoms with E-state index in [4.69, 9.17) is 140 Å². The van der Waals surface area contributed by atoms with Gasteiger partial charge in [-0.25, -0.2) is 33.6 Å². The van der Waals surface area contributed by atoms with Gasteiger partial charge in [-0.1, -0.05) is 0 Å². The largest absolute Gasteiger partial charge is 0.480 e. The van der Waals surface area contributed by atoms with Crippen LogP contribution in [0.2, 0.25) is 0 Å². The van der Waals surface area contributed by atoms with E-state index in [2.05, 4.69) is 10.6 Å². The molecule has 0 saturated carbocycles. The summed E-state index contributed by atoms with van der Waals surface area (Å²) < 4.78 is 54.3. The summed E-state index contributed by atoms with van der Waals surface area (Å²) in [5.74, 6) is -7.94. The van der Waals surface area contributed by atoms with Gasteiger partial charge < -0.3 is 156 Å². The number of hydrogen-bond donors (Lipinski definition) is 20. The van der Waals surface area contributed by atoms with Crippen molar-refractivity contribution in [2.75, 3.05) is 247 Å². The molecule has 0 saturated heterocycles. The van der Waals surface area contributed by atoms with Gasteiger partial charge in [0.15, 0.2) is 0 Å². The predicted octanol–water partition coefficient (Wildman–Crippen LogP) is -8.58. The molecular weight excluding hydrogens is 1200 g/mol. The monoisotopic (exact) mass is 1300 g/mol. The van der Waals surface area contributed by atoms with Gasteiger partial charge in [0.2, 0.25) is 0 Å². The topological polar surface area (TPSA) is 621 Å². The quantitative estimate of drug-likeness (QED) is 0.0269. The number of ether oxygens (including phenoxy) is 11. The average Bonchev–Trinajstić information content (AvgIpc) is 3.68. The van der Waals surface area contributed by atoms with Crippen LogP contribution in [0.15, 0.2) is 0 Å². The Kier molecular flexibility index (Phi) is 63.0. The van der Waals surface area contributed by atoms with Crippen molar-refractivity contribution in [2.24, 2.45) is 44.0 Å². The van der Waals surface area contributed by atoms with E-state index in [9.17, 15) is 38.7 Å². The SMILES string of the molecule is CNCC(CO)(CO)CO.CNCC(CO)(COCC(=O)O)COCC(=O)O.COCC(CN)(CO)CO.COCC(CN)(COCC(=O)O)COCC(=O)O.COCC(CO)(CO)CO.COCC(COCC(=O)O)(COCC(=O)O)COCC(=O)O. The van der Waals surface area contributed by atoms with Crippen molar-refractivity contribution < 1.29 is 167 Å². The Balaban J connectivity index is -0.000000236. The summed E-state index contributed by atoms with van der Waals surface area (Å²) in [6.07, 6.45) is 0. The van der Waals surface area contributed by atoms with Crippen LogP contribution in [0.3, 0.4) is 0 Å². The second-order valence-corrected chi connectivity index (χ2v) is 19.8. The van der Waals surface area contributed by atoms with Gasteiger partial charge in [0.25, 0.3) is 0 Å². The minimum atomic E-state index is -1.18. The lowest BCUT2D eigenvalue weighted by molar-refractivity contribution is -0.155. The van der Waals surface area contributed by atoms with Crippen molar-refractivity contribution in [2.45, 2.75) is 0 Å². The zero-order chi connectivity index (χ0) is 69.2. The van der Waals surface area contributed by atoms with Crippen molar-refractivity contribution >= 4 is 41.8 Å². The van der Waals surface area contributed by atoms with E-state index in [0.717, 1.165) is 0 Å². The molecule has 0 aromatic heterocycles. The van der Waals surface area contributed by atoms with Crippen LogP contribution in [0.1, 0.15) is 0 Å². The molecule has 0 unspecified atom stereocenters. The third-order valence-corrected chi connectivity index (χ3v) is 11.2. The Labute approximate surface area is 510 Å². The number of aliphatic hydroxyl groups is 9. The molecule has 0 rings (SSSR count). The standard InChI is InChI=1S/C12H20O10.2C10H19NO7.2C6H15NO3.C6H14O4/c1-19-5-12(6-20-2-9(13)14,7-21-3-10(15)16)8-22-4-11(17)18;1-16-5-10(4-11,6-17-2-8(12)13)7-18-3-9(14)15;1-11-4-10(5-12,6-17-2-8(13)14)7-18-3-9(15)16;1-10-5-6(2-7,3-8)4-9;1-7-2-6(3-8,4-9)5-10;1-10-5-6(2-7,3-8)4-9/h2-8H2,1H3,(H,13,14)(H,15,16)(H,17,18);2-7,11H2,1H3,(H,12,13)(H,14,15);11-12H,2-7H2,1H3,(H,13,14)(H,15,16);8-9H,2-5,7H2,1H3;7-10H,2-5H2,1H3;7-9H,2-5H2,1H3. The van der Waals surface area contributed by atoms with E-state index in [0.29, 0.717) is 13.1 Å². The number of carbonyl (C=O) groups is 7. The molecule has 0 aromatic carbocycles. The summed E-state index contributed by atoms with van der Waals surface area (Å²) in [6, 6.07) is 0. The van der Waals surface area contributed by atoms with Crippen LogP contribution < -0.4 is 22.1 Å². The molecule has 526 valence electrons. The van der Waals surface area contributed by atoms with Gasteiger partial charge in [-0.05, 0) is 14.1 Å². The van der Waals surface area contributed by atoms with Crippen LogP contribution in [0.25, 0.3) is 0 Å². The molecule has 0 atom stereocenters. The maximum atomic E-state index is 10.5. The fourth-order valence-electron chi connectivity index (χ4n) is 6.24. The number of methoxy groups -OCH3 is 4. The van der Waals surface area contributed by atoms with Gasteiger partial charge in [0, 0.05) is 54.6 Å². The van der Waals surface area contributed by atoms with Crippen molar-refractivity contribution in [3.8, 4) is 0 Å². The second-order valence-electron chi connectivity index (χ2n) is 19.8. The minimum absolute atomic E-state index is 0.00581. The van der Waals surface area contributed by atoms with Crippen molar-refractivity contribution in [1.29, 1.82) is 0 Å². The summed E-state index contributed by atoms with van der Waals surface area (Å²) in [7, 11) is 9.15. The molecule has 22 N–H and O–H groups in total. The summed E-state index contributed by atoms with van der Waals surface area (Å²) in [4.78, 5) is 72.7. The third kappa shape index (κ3) is 51.1. The first-order valence-corrected chi connectivity index (χ1v) is 26.2. The molecular formula is C50H102N4O34. The number of aliphatic carboxylic acids is 7. The maximum Gasteiger partial charge on any atom is 0.329 e. The molecule has 0 aromatic rings. The first-order valence-electron chi connectivity index (χ1n) is 26.2. The van der Waals surface area contributed by atoms with Gasteiger partial charge in [0.05, 0.1) is 165 Å². The molecule has 38 nitrogen and oxygen atoms in total. The zero-order valence-electron chi connectivity index (χ0n) is 51.1. The number of nitrogens with one attached hydrogen (secondary N) is 2. The Morgan fingerprint density at radius 1 is 0.284 bits per heavy atom. The predicted molar refractivity (Wildman–Crippen MR) is 301 cm³/mol. The molecule has 0 heterocycles. The van der Waals surface area contributed by atoms with E-state index in [1.165, 1.54) is 28.4 Å². The fourth-order valence-corrected chi connectivity index (χ4v) is 6.24. The van der Waals surface area contributed by atoms with Crippen LogP contribution >= 0.6 is 0 Å². The fraction of sp³-hybridized carbons (Fsp3) is 0.860. The molecule has 0 aliphatic rings. The number of carboxylic acid groups (broad SMARTS) is 7. The van der Waals surface area contributed by atoms with Gasteiger partial charge in [-0.3, -0.25) is 0 Å². The van der Waals surface area contributed by atoms with Crippen LogP contribution in [0, 0.1) is 32.5 Å². The first kappa shape index (κ1) is 94.5. The summed E-state index contributed by atoms with van der Waals surface area (Å²) in [5, 5.41) is 144. The second kappa shape index (κ2) is 58.7. The van der Waals surface area contributed by atoms with Gasteiger partial charge in [-0.15, -0.1) is 0 Å². The van der Waals surface area contributed by atoms with Crippen LogP contribution in [0.4, 0.5) is 0 Å². The van der Waals surface area contributed by atoms with Crippen LogP contribution in [-0.2, 0) is 85.7 Å². The summed E-state index contributed by atoms with van der Waals surface area (Å²) in [5.41, 5.74) is 5.97. The highest BCUT2D eigenvalue weighted by Gasteiger charge is 2.35. The van der Waals surface area contributed by atoms with Crippen LogP contribution in [0.5, 0.6) is 0 Å². The highest BCUT2D eigenvalue weighted by molar-refractivity contribution is 5.69. The van der Waals surface area contributed by atoms with Crippen molar-refractivity contribution in [1.82, 2.24) is 10.6 Å². The minimum Gasteiger partial charge on any atom is -0.480 e. The normalized spacial score (nSPS) is 11.6. The average molecular weight is 1300 g/mol. The Bertz CT molecular complexity index is 1520. The molecule has 0 radical (unpaired) electrons. The number of hydrogen-bond acceptors (Lipinski definition) is 31. The molecule has 0 fully saturated rings. The van der Waals surface area contributed by atoms with E-state index in [1.54, 1.807) is 14.1 Å². The van der Waals surface area contributed by atoms with E-state index >= 15 is 0 Å². The van der Waals surface area contributed by atoms with Gasteiger partial charge >= 0.3 is 41.8 Å². The molecule has 0 aliphatic heterocycles. The van der Waals surface area contributed by atoms with E-state index in [-0.39, 0.29) is 145 Å². The van der Waals surface area contributed by atoms with E-state index in [1.807, 2.05) is 0 Å². The Hall–Kier alpha value is -4.67. The highest BCUT2D eigenvalue weighted by atomic mass is 16.6. The van der Waals surface area contributed by atoms with Crippen LogP contribution in [-0.4, -0.2) is 371 Å². The summed E-state index contributed by atoms with van der Waals surface area (Å²) in [6.45, 7) is -4.43. The first-order chi connectivity index (χ1) is 41.4. The Morgan fingerprint density at radius 3 is 0.625 bits per heavy atom. The lowest BCUT2D eigenvalue weighted by Crippen LogP contribution is -2.44. The van der Waals surface area contributed by atoms with Crippen molar-refractivity contribution in [3.05, 3.63) is 0 Å². The molecule has 0 aliphatic carbocycles. The third-order valence-electron chi connectivity index (χ3n) is 11.2. The van der Waals surface area contributed by atoms with Crippen molar-refractivity contribution in [3.63, 3.8) is 0 Å². The maximum absolute atomic E-state index is 10.5. The zero-order valence-corrected chi connectivity index (χ0v) is 51.1. The highest BCUT2D eigenvalue weighted by Crippen LogP contribution is 2.22. The summed E-state index contributed by atoms with van der Waals surface area (Å²) >= 11 is 0. The Morgan fingerprint density at radius 2 is 0.466 bits per heavy atom. The van der Waals surface area contributed by atoms with Gasteiger partial charge in [-0.2, -0.15) is 0 Å². The lowest BCUT2D eigenvalue weighted by Gasteiger charge is -2.31. The number of nitrogens with two attached hydrogens (primary N) is 2. The number of rotatable bonds is 51. The smallest absolute Gasteiger partial charge is 0.329 e.